The smallest absolute Gasteiger partial charge is 0.400 e. The molecule has 1 fully saturated rings. The number of halogens is 1. The molecule has 0 radical (unpaired) electrons. The van der Waals surface area contributed by atoms with E-state index in [0.717, 1.165) is 5.56 Å². The molecule has 1 saturated heterocycles. The summed E-state index contributed by atoms with van der Waals surface area (Å²) in [6.07, 6.45) is 1.69. The van der Waals surface area contributed by atoms with Crippen LogP contribution in [-0.4, -0.2) is 30.0 Å². The van der Waals surface area contributed by atoms with Gasteiger partial charge in [-0.15, -0.1) is 0 Å². The summed E-state index contributed by atoms with van der Waals surface area (Å²) in [6, 6.07) is 2.92. The van der Waals surface area contributed by atoms with E-state index in [0.29, 0.717) is 11.0 Å². The van der Waals surface area contributed by atoms with Gasteiger partial charge in [-0.05, 0) is 63.4 Å². The van der Waals surface area contributed by atoms with E-state index in [1.54, 1.807) is 12.1 Å². The zero-order valence-corrected chi connectivity index (χ0v) is 13.7. The second-order valence-corrected chi connectivity index (χ2v) is 6.70. The Bertz CT molecular complexity index is 598. The normalized spacial score (nSPS) is 20.5. The minimum absolute atomic E-state index is 0.107. The molecule has 120 valence electrons. The average molecular weight is 307 g/mol. The topological polar surface area (TPSA) is 64.7 Å². The van der Waals surface area contributed by atoms with Crippen molar-refractivity contribution in [3.05, 3.63) is 34.5 Å². The van der Waals surface area contributed by atoms with Crippen LogP contribution in [0.1, 0.15) is 38.8 Å². The van der Waals surface area contributed by atoms with Crippen LogP contribution in [0.25, 0.3) is 6.08 Å². The van der Waals surface area contributed by atoms with Crippen LogP contribution in [0.2, 0.25) is 0 Å². The largest absolute Gasteiger partial charge is 0.492 e. The first-order chi connectivity index (χ1) is 10.1. The number of benzene rings is 1. The maximum atomic E-state index is 13.7. The third-order valence-electron chi connectivity index (χ3n) is 4.46. The summed E-state index contributed by atoms with van der Waals surface area (Å²) in [5.41, 5.74) is 6.69. The van der Waals surface area contributed by atoms with Gasteiger partial charge < -0.3 is 20.1 Å². The molecule has 0 saturated carbocycles. The van der Waals surface area contributed by atoms with Crippen LogP contribution in [0.4, 0.5) is 10.1 Å². The molecule has 0 spiro atoms. The summed E-state index contributed by atoms with van der Waals surface area (Å²) in [6.45, 7) is 9.36. The molecule has 1 heterocycles. The molecule has 22 heavy (non-hydrogen) atoms. The Morgan fingerprint density at radius 3 is 2.32 bits per heavy atom. The molecule has 6 heteroatoms. The lowest BCUT2D eigenvalue weighted by Gasteiger charge is -2.32. The van der Waals surface area contributed by atoms with Crippen LogP contribution >= 0.6 is 0 Å². The van der Waals surface area contributed by atoms with Crippen molar-refractivity contribution in [2.75, 3.05) is 12.3 Å². The number of aliphatic hydroxyl groups is 1. The Hall–Kier alpha value is -1.37. The second-order valence-electron chi connectivity index (χ2n) is 6.70. The molecule has 0 unspecified atom stereocenters. The molecule has 1 aliphatic rings. The third-order valence-corrected chi connectivity index (χ3v) is 4.46. The zero-order valence-electron chi connectivity index (χ0n) is 13.7. The molecule has 0 bridgehead atoms. The molecular weight excluding hydrogens is 284 g/mol. The number of hydrogen-bond acceptors (Lipinski definition) is 4. The van der Waals surface area contributed by atoms with Gasteiger partial charge in [0, 0.05) is 0 Å². The van der Waals surface area contributed by atoms with Crippen LogP contribution in [0.5, 0.6) is 0 Å². The van der Waals surface area contributed by atoms with Crippen molar-refractivity contribution in [3.63, 3.8) is 0 Å². The molecule has 0 aromatic heterocycles. The quantitative estimate of drug-likeness (QED) is 0.666. The highest BCUT2D eigenvalue weighted by Crippen LogP contribution is 2.38. The lowest BCUT2D eigenvalue weighted by atomic mass is 9.77. The Labute approximate surface area is 131 Å². The highest BCUT2D eigenvalue weighted by molar-refractivity contribution is 6.55. The van der Waals surface area contributed by atoms with Crippen molar-refractivity contribution in [2.45, 2.75) is 45.8 Å². The van der Waals surface area contributed by atoms with Crippen LogP contribution in [0.15, 0.2) is 17.6 Å². The Morgan fingerprint density at radius 1 is 1.27 bits per heavy atom. The Balaban J connectivity index is 2.36. The minimum Gasteiger partial charge on any atom is -0.400 e. The maximum absolute atomic E-state index is 13.7. The predicted molar refractivity (Wildman–Crippen MR) is 86.7 cm³/mol. The van der Waals surface area contributed by atoms with E-state index >= 15 is 0 Å². The average Bonchev–Trinajstić information content (AvgIpc) is 2.61. The van der Waals surface area contributed by atoms with Gasteiger partial charge in [0.1, 0.15) is 5.82 Å². The summed E-state index contributed by atoms with van der Waals surface area (Å²) < 4.78 is 25.5. The maximum Gasteiger partial charge on any atom is 0.492 e. The van der Waals surface area contributed by atoms with Crippen molar-refractivity contribution in [1.82, 2.24) is 0 Å². The zero-order chi connectivity index (χ0) is 16.7. The molecule has 2 rings (SSSR count). The van der Waals surface area contributed by atoms with E-state index in [4.69, 9.17) is 15.0 Å². The van der Waals surface area contributed by atoms with Gasteiger partial charge in [0.25, 0.3) is 0 Å². The summed E-state index contributed by atoms with van der Waals surface area (Å²) >= 11 is 0. The third kappa shape index (κ3) is 3.04. The van der Waals surface area contributed by atoms with Crippen LogP contribution in [0.3, 0.4) is 0 Å². The van der Waals surface area contributed by atoms with Crippen LogP contribution < -0.4 is 5.73 Å². The van der Waals surface area contributed by atoms with Gasteiger partial charge in [0.15, 0.2) is 0 Å². The Kier molecular flexibility index (Phi) is 4.39. The molecule has 0 aliphatic carbocycles. The first kappa shape index (κ1) is 17.0. The van der Waals surface area contributed by atoms with E-state index < -0.39 is 24.1 Å². The van der Waals surface area contributed by atoms with Crippen molar-refractivity contribution < 1.29 is 18.8 Å². The number of aryl methyl sites for hydroxylation is 1. The number of anilines is 1. The van der Waals surface area contributed by atoms with Crippen molar-refractivity contribution in [3.8, 4) is 0 Å². The molecule has 1 aromatic rings. The summed E-state index contributed by atoms with van der Waals surface area (Å²) in [4.78, 5) is 0. The van der Waals surface area contributed by atoms with Crippen molar-refractivity contribution in [2.24, 2.45) is 0 Å². The van der Waals surface area contributed by atoms with Gasteiger partial charge in [0.05, 0.1) is 23.5 Å². The van der Waals surface area contributed by atoms with Gasteiger partial charge in [0.2, 0.25) is 0 Å². The van der Waals surface area contributed by atoms with Gasteiger partial charge in [-0.25, -0.2) is 4.39 Å². The van der Waals surface area contributed by atoms with Crippen LogP contribution in [-0.2, 0) is 9.31 Å². The fraction of sp³-hybridized carbons (Fsp3) is 0.500. The van der Waals surface area contributed by atoms with E-state index in [9.17, 15) is 9.50 Å². The predicted octanol–water partition coefficient (Wildman–Crippen LogP) is 2.72. The molecular formula is C16H23BFNO3. The number of hydrogen-bond donors (Lipinski definition) is 2. The van der Waals surface area contributed by atoms with Crippen molar-refractivity contribution >= 4 is 18.9 Å². The van der Waals surface area contributed by atoms with Gasteiger partial charge >= 0.3 is 7.12 Å². The SMILES string of the molecule is Cc1cc(N)c(F)cc1C=C(CO)B1OC(C)(C)C(C)(C)O1. The number of aliphatic hydroxyl groups excluding tert-OH is 1. The number of nitrogens with two attached hydrogens (primary N) is 1. The highest BCUT2D eigenvalue weighted by Gasteiger charge is 2.52. The second kappa shape index (κ2) is 5.68. The van der Waals surface area contributed by atoms with Gasteiger partial charge in [-0.3, -0.25) is 0 Å². The van der Waals surface area contributed by atoms with E-state index in [1.807, 2.05) is 34.6 Å². The summed E-state index contributed by atoms with van der Waals surface area (Å²) in [7, 11) is -0.657. The molecule has 1 aliphatic heterocycles. The summed E-state index contributed by atoms with van der Waals surface area (Å²) in [5, 5.41) is 9.66. The first-order valence-corrected chi connectivity index (χ1v) is 7.30. The van der Waals surface area contributed by atoms with E-state index in [2.05, 4.69) is 0 Å². The number of rotatable bonds is 3. The van der Waals surface area contributed by atoms with E-state index in [-0.39, 0.29) is 12.3 Å². The van der Waals surface area contributed by atoms with Gasteiger partial charge in [-0.2, -0.15) is 0 Å². The highest BCUT2D eigenvalue weighted by atomic mass is 19.1. The fourth-order valence-electron chi connectivity index (χ4n) is 2.26. The fourth-order valence-corrected chi connectivity index (χ4v) is 2.26. The molecule has 0 atom stereocenters. The number of nitrogen functional groups attached to an aromatic ring is 1. The first-order valence-electron chi connectivity index (χ1n) is 7.30. The molecule has 4 nitrogen and oxygen atoms in total. The molecule has 3 N–H and O–H groups in total. The standard InChI is InChI=1S/C16H23BFNO3/c1-10-6-14(19)13(18)8-11(10)7-12(9-20)17-21-15(2,3)16(4,5)22-17/h6-8,20H,9,19H2,1-5H3. The lowest BCUT2D eigenvalue weighted by Crippen LogP contribution is -2.41. The monoisotopic (exact) mass is 307 g/mol. The minimum atomic E-state index is -0.657. The Morgan fingerprint density at radius 2 is 1.82 bits per heavy atom. The van der Waals surface area contributed by atoms with Crippen molar-refractivity contribution in [1.29, 1.82) is 0 Å². The van der Waals surface area contributed by atoms with Crippen LogP contribution in [0, 0.1) is 12.7 Å². The van der Waals surface area contributed by atoms with E-state index in [1.165, 1.54) is 6.07 Å². The molecule has 0 amide bonds. The molecule has 1 aromatic carbocycles. The van der Waals surface area contributed by atoms with Gasteiger partial charge in [-0.1, -0.05) is 6.08 Å². The lowest BCUT2D eigenvalue weighted by molar-refractivity contribution is 0.00578. The summed E-state index contributed by atoms with van der Waals surface area (Å²) in [5.74, 6) is -0.483.